The first-order chi connectivity index (χ1) is 10.4. The van der Waals surface area contributed by atoms with Gasteiger partial charge in [-0.15, -0.1) is 0 Å². The molecule has 1 fully saturated rings. The molecule has 0 radical (unpaired) electrons. The van der Waals surface area contributed by atoms with Crippen LogP contribution in [0.4, 0.5) is 0 Å². The van der Waals surface area contributed by atoms with Crippen LogP contribution in [0.5, 0.6) is 0 Å². The van der Waals surface area contributed by atoms with Crippen molar-refractivity contribution in [1.82, 2.24) is 4.98 Å². The standard InChI is InChI=1S/C20H23N/c1-2-8-16(9-3-1)19-18-11-5-4-7-15(18)12-13-17-10-6-14-21-20(17)19/h4-7,10-11,14,16,19H,1-3,8-9,12-13H2. The van der Waals surface area contributed by atoms with Gasteiger partial charge in [-0.1, -0.05) is 49.6 Å². The number of hydrogen-bond acceptors (Lipinski definition) is 1. The van der Waals surface area contributed by atoms with Crippen LogP contribution < -0.4 is 0 Å². The van der Waals surface area contributed by atoms with Gasteiger partial charge < -0.3 is 0 Å². The molecular weight excluding hydrogens is 254 g/mol. The number of pyridine rings is 1. The molecule has 0 bridgehead atoms. The second-order valence-corrected chi connectivity index (χ2v) is 6.62. The Balaban J connectivity index is 1.85. The van der Waals surface area contributed by atoms with Gasteiger partial charge in [-0.05, 0) is 54.4 Å². The van der Waals surface area contributed by atoms with Crippen LogP contribution in [-0.2, 0) is 12.8 Å². The molecule has 1 saturated carbocycles. The molecule has 1 atom stereocenters. The van der Waals surface area contributed by atoms with E-state index in [1.807, 2.05) is 6.20 Å². The van der Waals surface area contributed by atoms with Gasteiger partial charge in [-0.2, -0.15) is 0 Å². The fraction of sp³-hybridized carbons (Fsp3) is 0.450. The van der Waals surface area contributed by atoms with Crippen LogP contribution >= 0.6 is 0 Å². The summed E-state index contributed by atoms with van der Waals surface area (Å²) in [6, 6.07) is 13.5. The highest BCUT2D eigenvalue weighted by atomic mass is 14.7. The molecule has 0 amide bonds. The van der Waals surface area contributed by atoms with E-state index in [1.54, 1.807) is 11.1 Å². The lowest BCUT2D eigenvalue weighted by atomic mass is 9.74. The van der Waals surface area contributed by atoms with E-state index in [-0.39, 0.29) is 0 Å². The summed E-state index contributed by atoms with van der Waals surface area (Å²) in [5.41, 5.74) is 5.95. The summed E-state index contributed by atoms with van der Waals surface area (Å²) in [6.07, 6.45) is 11.2. The maximum Gasteiger partial charge on any atom is 0.0513 e. The van der Waals surface area contributed by atoms with Gasteiger partial charge >= 0.3 is 0 Å². The SMILES string of the molecule is c1ccc2c(c1)CCc1cccnc1C2C1CCCCC1. The van der Waals surface area contributed by atoms with Crippen molar-refractivity contribution >= 4 is 0 Å². The fourth-order valence-corrected chi connectivity index (χ4v) is 4.37. The Morgan fingerprint density at radius 2 is 1.57 bits per heavy atom. The van der Waals surface area contributed by atoms with Crippen molar-refractivity contribution in [3.05, 3.63) is 65.0 Å². The van der Waals surface area contributed by atoms with Crippen LogP contribution in [0.15, 0.2) is 42.6 Å². The molecule has 1 heteroatoms. The zero-order valence-corrected chi connectivity index (χ0v) is 12.6. The average Bonchev–Trinajstić information content (AvgIpc) is 2.72. The second-order valence-electron chi connectivity index (χ2n) is 6.62. The Morgan fingerprint density at radius 1 is 0.810 bits per heavy atom. The molecule has 1 nitrogen and oxygen atoms in total. The first-order valence-electron chi connectivity index (χ1n) is 8.45. The summed E-state index contributed by atoms with van der Waals surface area (Å²) in [6.45, 7) is 0. The highest BCUT2D eigenvalue weighted by Crippen LogP contribution is 2.43. The predicted octanol–water partition coefficient (Wildman–Crippen LogP) is 4.89. The van der Waals surface area contributed by atoms with E-state index in [4.69, 9.17) is 4.98 Å². The third-order valence-corrected chi connectivity index (χ3v) is 5.40. The van der Waals surface area contributed by atoms with Gasteiger partial charge in [0, 0.05) is 12.1 Å². The smallest absolute Gasteiger partial charge is 0.0513 e. The van der Waals surface area contributed by atoms with E-state index in [0.29, 0.717) is 5.92 Å². The molecular formula is C20H23N. The molecule has 1 heterocycles. The molecule has 1 aromatic carbocycles. The van der Waals surface area contributed by atoms with E-state index in [9.17, 15) is 0 Å². The van der Waals surface area contributed by atoms with Crippen LogP contribution in [0.3, 0.4) is 0 Å². The van der Waals surface area contributed by atoms with Gasteiger partial charge in [-0.3, -0.25) is 4.98 Å². The fourth-order valence-electron chi connectivity index (χ4n) is 4.37. The molecule has 1 unspecified atom stereocenters. The Bertz CT molecular complexity index is 578. The summed E-state index contributed by atoms with van der Waals surface area (Å²) in [5.74, 6) is 1.31. The number of rotatable bonds is 1. The summed E-state index contributed by atoms with van der Waals surface area (Å²) in [4.78, 5) is 4.83. The van der Waals surface area contributed by atoms with E-state index in [1.165, 1.54) is 43.4 Å². The lowest BCUT2D eigenvalue weighted by molar-refractivity contribution is 0.324. The van der Waals surface area contributed by atoms with Crippen LogP contribution in [0.25, 0.3) is 0 Å². The van der Waals surface area contributed by atoms with E-state index >= 15 is 0 Å². The summed E-state index contributed by atoms with van der Waals surface area (Å²) >= 11 is 0. The molecule has 0 spiro atoms. The van der Waals surface area contributed by atoms with Crippen molar-refractivity contribution in [2.45, 2.75) is 50.9 Å². The first-order valence-corrected chi connectivity index (χ1v) is 8.45. The zero-order valence-electron chi connectivity index (χ0n) is 12.6. The number of nitrogens with zero attached hydrogens (tertiary/aromatic N) is 1. The van der Waals surface area contributed by atoms with Crippen molar-refractivity contribution in [3.8, 4) is 0 Å². The Morgan fingerprint density at radius 3 is 2.48 bits per heavy atom. The zero-order chi connectivity index (χ0) is 14.1. The second kappa shape index (κ2) is 5.63. The Labute approximate surface area is 127 Å². The van der Waals surface area contributed by atoms with Gasteiger partial charge in [0.15, 0.2) is 0 Å². The van der Waals surface area contributed by atoms with Crippen molar-refractivity contribution in [3.63, 3.8) is 0 Å². The number of aryl methyl sites for hydroxylation is 2. The highest BCUT2D eigenvalue weighted by Gasteiger charge is 2.32. The van der Waals surface area contributed by atoms with Gasteiger partial charge in [0.05, 0.1) is 5.69 Å². The van der Waals surface area contributed by atoms with Crippen LogP contribution in [-0.4, -0.2) is 4.98 Å². The van der Waals surface area contributed by atoms with Crippen LogP contribution in [0, 0.1) is 5.92 Å². The summed E-state index contributed by atoms with van der Waals surface area (Å²) in [7, 11) is 0. The van der Waals surface area contributed by atoms with Crippen molar-refractivity contribution in [1.29, 1.82) is 0 Å². The number of benzene rings is 1. The highest BCUT2D eigenvalue weighted by molar-refractivity contribution is 5.42. The maximum absolute atomic E-state index is 4.83. The molecule has 2 aromatic rings. The van der Waals surface area contributed by atoms with Crippen molar-refractivity contribution in [2.24, 2.45) is 5.92 Å². The van der Waals surface area contributed by atoms with E-state index < -0.39 is 0 Å². The molecule has 0 saturated heterocycles. The molecule has 2 aliphatic rings. The Hall–Kier alpha value is -1.63. The van der Waals surface area contributed by atoms with Gasteiger partial charge in [0.1, 0.15) is 0 Å². The minimum absolute atomic E-state index is 0.528. The van der Waals surface area contributed by atoms with Gasteiger partial charge in [-0.25, -0.2) is 0 Å². The third-order valence-electron chi connectivity index (χ3n) is 5.40. The normalized spacial score (nSPS) is 22.2. The molecule has 1 aromatic heterocycles. The molecule has 0 N–H and O–H groups in total. The summed E-state index contributed by atoms with van der Waals surface area (Å²) < 4.78 is 0. The van der Waals surface area contributed by atoms with E-state index in [2.05, 4.69) is 36.4 Å². The largest absolute Gasteiger partial charge is 0.260 e. The topological polar surface area (TPSA) is 12.9 Å². The lowest BCUT2D eigenvalue weighted by Crippen LogP contribution is -2.19. The maximum atomic E-state index is 4.83. The van der Waals surface area contributed by atoms with E-state index in [0.717, 1.165) is 18.8 Å². The molecule has 108 valence electrons. The predicted molar refractivity (Wildman–Crippen MR) is 86.5 cm³/mol. The lowest BCUT2D eigenvalue weighted by Gasteiger charge is -2.31. The summed E-state index contributed by atoms with van der Waals surface area (Å²) in [5, 5.41) is 0. The molecule has 21 heavy (non-hydrogen) atoms. The third kappa shape index (κ3) is 2.39. The Kier molecular flexibility index (Phi) is 3.50. The van der Waals surface area contributed by atoms with Crippen LogP contribution in [0.1, 0.15) is 60.4 Å². The minimum atomic E-state index is 0.528. The molecule has 2 aliphatic carbocycles. The van der Waals surface area contributed by atoms with Crippen molar-refractivity contribution in [2.75, 3.05) is 0 Å². The molecule has 4 rings (SSSR count). The number of hydrogen-bond donors (Lipinski definition) is 0. The van der Waals surface area contributed by atoms with Gasteiger partial charge in [0.25, 0.3) is 0 Å². The first kappa shape index (κ1) is 13.1. The van der Waals surface area contributed by atoms with Crippen molar-refractivity contribution < 1.29 is 0 Å². The van der Waals surface area contributed by atoms with Crippen LogP contribution in [0.2, 0.25) is 0 Å². The minimum Gasteiger partial charge on any atom is -0.260 e. The monoisotopic (exact) mass is 277 g/mol. The quantitative estimate of drug-likeness (QED) is 0.723. The van der Waals surface area contributed by atoms with Gasteiger partial charge in [0.2, 0.25) is 0 Å². The number of aromatic nitrogens is 1. The number of fused-ring (bicyclic) bond motifs is 2. The average molecular weight is 277 g/mol. The molecule has 0 aliphatic heterocycles.